The Hall–Kier alpha value is -4.14. The minimum absolute atomic E-state index is 0.126. The predicted octanol–water partition coefficient (Wildman–Crippen LogP) is 3.08. The first kappa shape index (κ1) is 28.4. The number of aryl methyl sites for hydroxylation is 1. The predicted molar refractivity (Wildman–Crippen MR) is 148 cm³/mol. The fourth-order valence-corrected chi connectivity index (χ4v) is 4.54. The molecule has 0 atom stereocenters. The fraction of sp³-hybridized carbons (Fsp3) is 0.280. The summed E-state index contributed by atoms with van der Waals surface area (Å²) in [7, 11) is 1.62. The van der Waals surface area contributed by atoms with Gasteiger partial charge in [-0.05, 0) is 32.0 Å². The van der Waals surface area contributed by atoms with E-state index in [1.54, 1.807) is 43.9 Å². The number of nitrogens with zero attached hydrogens (tertiary/aromatic N) is 8. The van der Waals surface area contributed by atoms with Crippen molar-refractivity contribution in [1.82, 2.24) is 38.7 Å². The van der Waals surface area contributed by atoms with E-state index in [4.69, 9.17) is 23.2 Å². The van der Waals surface area contributed by atoms with E-state index < -0.39 is 35.2 Å². The molecule has 3 heterocycles. The van der Waals surface area contributed by atoms with E-state index in [0.29, 0.717) is 17.0 Å². The summed E-state index contributed by atoms with van der Waals surface area (Å²) < 4.78 is 33.3. The molecule has 0 unspecified atom stereocenters. The number of fused-ring (bicyclic) bond motifs is 1. The average molecular weight is 606 g/mol. The molecule has 0 aliphatic carbocycles. The van der Waals surface area contributed by atoms with Crippen molar-refractivity contribution < 1.29 is 13.9 Å². The number of hydrogen-bond donors (Lipinski definition) is 2. The van der Waals surface area contributed by atoms with Gasteiger partial charge in [-0.15, -0.1) is 0 Å². The van der Waals surface area contributed by atoms with Crippen LogP contribution >= 0.6 is 23.2 Å². The van der Waals surface area contributed by atoms with E-state index in [-0.39, 0.29) is 46.2 Å². The van der Waals surface area contributed by atoms with Crippen molar-refractivity contribution >= 4 is 45.7 Å². The number of benzene rings is 2. The average Bonchev–Trinajstić information content (AvgIpc) is 3.45. The van der Waals surface area contributed by atoms with Crippen LogP contribution in [0.1, 0.15) is 25.2 Å². The molecular formula is C25H23Cl2F2N9O3. The second-order valence-electron chi connectivity index (χ2n) is 10.0. The van der Waals surface area contributed by atoms with Gasteiger partial charge in [0, 0.05) is 30.3 Å². The van der Waals surface area contributed by atoms with Crippen LogP contribution in [0.2, 0.25) is 10.0 Å². The molecule has 3 aromatic heterocycles. The van der Waals surface area contributed by atoms with Gasteiger partial charge in [-0.2, -0.15) is 15.2 Å². The molecule has 41 heavy (non-hydrogen) atoms. The molecule has 5 aromatic rings. The van der Waals surface area contributed by atoms with Gasteiger partial charge in [-0.25, -0.2) is 27.9 Å². The zero-order chi connectivity index (χ0) is 29.6. The number of anilines is 2. The minimum Gasteiger partial charge on any atom is -0.389 e. The molecule has 12 nitrogen and oxygen atoms in total. The zero-order valence-electron chi connectivity index (χ0n) is 21.9. The summed E-state index contributed by atoms with van der Waals surface area (Å²) in [4.78, 5) is 34.6. The van der Waals surface area contributed by atoms with Crippen molar-refractivity contribution in [3.05, 3.63) is 90.8 Å². The maximum Gasteiger partial charge on any atom is 0.355 e. The molecule has 0 radical (unpaired) electrons. The molecule has 0 saturated heterocycles. The van der Waals surface area contributed by atoms with Crippen molar-refractivity contribution in [1.29, 1.82) is 0 Å². The molecule has 0 saturated carbocycles. The van der Waals surface area contributed by atoms with Crippen LogP contribution in [0.5, 0.6) is 0 Å². The standard InChI is InChI=1S/C25H23Cl2F2N9O3/c1-25(2,41)11-36-8-14-5-20(16(27)6-19(14)33-36)31-22-32-23(39)38(10-21-30-12-35(3)34-21)24(40)37(22)9-13-4-15(26)18(29)7-17(13)28/h4-8,12,41H,9-11H2,1-3H3,(H,31,32,39). The summed E-state index contributed by atoms with van der Waals surface area (Å²) in [6, 6.07) is 4.85. The van der Waals surface area contributed by atoms with E-state index in [0.717, 1.165) is 15.2 Å². The number of halogens is 4. The molecule has 214 valence electrons. The molecule has 0 aliphatic rings. The molecule has 0 fully saturated rings. The van der Waals surface area contributed by atoms with Gasteiger partial charge in [0.1, 0.15) is 18.0 Å². The number of aliphatic hydroxyl groups is 1. The third kappa shape index (κ3) is 6.14. The Morgan fingerprint density at radius 2 is 1.76 bits per heavy atom. The Morgan fingerprint density at radius 1 is 1.00 bits per heavy atom. The first-order valence-corrected chi connectivity index (χ1v) is 12.9. The van der Waals surface area contributed by atoms with E-state index >= 15 is 0 Å². The van der Waals surface area contributed by atoms with E-state index in [9.17, 15) is 23.5 Å². The van der Waals surface area contributed by atoms with Gasteiger partial charge in [0.05, 0.1) is 46.5 Å². The van der Waals surface area contributed by atoms with E-state index in [2.05, 4.69) is 25.5 Å². The normalized spacial score (nSPS) is 11.9. The van der Waals surface area contributed by atoms with Gasteiger partial charge in [-0.1, -0.05) is 23.2 Å². The van der Waals surface area contributed by atoms with Crippen molar-refractivity contribution in [2.75, 3.05) is 5.32 Å². The molecule has 0 bridgehead atoms. The first-order valence-electron chi connectivity index (χ1n) is 12.1. The van der Waals surface area contributed by atoms with Crippen molar-refractivity contribution in [3.63, 3.8) is 0 Å². The third-order valence-corrected chi connectivity index (χ3v) is 6.55. The highest BCUT2D eigenvalue weighted by atomic mass is 35.5. The second-order valence-corrected chi connectivity index (χ2v) is 10.8. The number of nitrogens with one attached hydrogen (secondary N) is 1. The van der Waals surface area contributed by atoms with Crippen LogP contribution in [0.4, 0.5) is 20.4 Å². The second kappa shape index (κ2) is 10.7. The van der Waals surface area contributed by atoms with Crippen molar-refractivity contribution in [2.45, 2.75) is 39.1 Å². The van der Waals surface area contributed by atoms with Crippen molar-refractivity contribution in [3.8, 4) is 0 Å². The molecule has 0 amide bonds. The highest BCUT2D eigenvalue weighted by molar-refractivity contribution is 6.34. The van der Waals surface area contributed by atoms with Crippen molar-refractivity contribution in [2.24, 2.45) is 7.05 Å². The first-order chi connectivity index (χ1) is 19.3. The summed E-state index contributed by atoms with van der Waals surface area (Å²) in [6.45, 7) is 2.75. The molecule has 0 aliphatic heterocycles. The minimum atomic E-state index is -1.01. The van der Waals surface area contributed by atoms with Crippen LogP contribution in [0.25, 0.3) is 10.9 Å². The molecule has 16 heteroatoms. The van der Waals surface area contributed by atoms with Crippen LogP contribution in [0, 0.1) is 11.6 Å². The summed E-state index contributed by atoms with van der Waals surface area (Å²) >= 11 is 12.4. The topological polar surface area (TPSA) is 138 Å². The summed E-state index contributed by atoms with van der Waals surface area (Å²) in [5.74, 6) is -2.00. The molecule has 0 spiro atoms. The van der Waals surface area contributed by atoms with Gasteiger partial charge < -0.3 is 10.4 Å². The van der Waals surface area contributed by atoms with E-state index in [1.807, 2.05) is 0 Å². The Morgan fingerprint density at radius 3 is 2.44 bits per heavy atom. The van der Waals surface area contributed by atoms with Crippen LogP contribution in [0.15, 0.2) is 46.4 Å². The lowest BCUT2D eigenvalue weighted by atomic mass is 10.1. The largest absolute Gasteiger partial charge is 0.389 e. The number of rotatable bonds is 8. The SMILES string of the molecule is Cn1cnc(Cn2c(=O)nc(Nc3cc4cn(CC(C)(C)O)nc4cc3Cl)n(Cc3cc(Cl)c(F)cc3F)c2=O)n1. The lowest BCUT2D eigenvalue weighted by Crippen LogP contribution is -2.43. The quantitative estimate of drug-likeness (QED) is 0.257. The highest BCUT2D eigenvalue weighted by Gasteiger charge is 2.20. The highest BCUT2D eigenvalue weighted by Crippen LogP contribution is 2.30. The summed E-state index contributed by atoms with van der Waals surface area (Å²) in [5, 5.41) is 22.0. The third-order valence-electron chi connectivity index (χ3n) is 5.95. The van der Waals surface area contributed by atoms with Crippen LogP contribution in [-0.2, 0) is 26.7 Å². The smallest absolute Gasteiger partial charge is 0.355 e. The fourth-order valence-electron chi connectivity index (χ4n) is 4.15. The van der Waals surface area contributed by atoms with Gasteiger partial charge in [-0.3, -0.25) is 13.9 Å². The van der Waals surface area contributed by atoms with Gasteiger partial charge in [0.2, 0.25) is 5.95 Å². The molecular weight excluding hydrogens is 583 g/mol. The van der Waals surface area contributed by atoms with Crippen LogP contribution in [0.3, 0.4) is 0 Å². The Kier molecular flexibility index (Phi) is 7.40. The molecule has 2 aromatic carbocycles. The Balaban J connectivity index is 1.60. The van der Waals surface area contributed by atoms with E-state index in [1.165, 1.54) is 11.0 Å². The number of aromatic nitrogens is 8. The Bertz CT molecular complexity index is 1910. The number of hydrogen-bond acceptors (Lipinski definition) is 8. The maximum atomic E-state index is 14.7. The summed E-state index contributed by atoms with van der Waals surface area (Å²) in [6.07, 6.45) is 3.10. The van der Waals surface area contributed by atoms with Crippen LogP contribution < -0.4 is 16.7 Å². The maximum absolute atomic E-state index is 14.7. The monoisotopic (exact) mass is 605 g/mol. The Labute approximate surface area is 240 Å². The lowest BCUT2D eigenvalue weighted by molar-refractivity contribution is 0.0580. The zero-order valence-corrected chi connectivity index (χ0v) is 23.5. The summed E-state index contributed by atoms with van der Waals surface area (Å²) in [5.41, 5.74) is -2.12. The van der Waals surface area contributed by atoms with Gasteiger partial charge >= 0.3 is 11.4 Å². The molecule has 5 rings (SSSR count). The van der Waals surface area contributed by atoms with Crippen LogP contribution in [-0.4, -0.2) is 49.4 Å². The molecule has 2 N–H and O–H groups in total. The van der Waals surface area contributed by atoms with Gasteiger partial charge in [0.15, 0.2) is 5.82 Å². The lowest BCUT2D eigenvalue weighted by Gasteiger charge is -2.16. The van der Waals surface area contributed by atoms with Gasteiger partial charge in [0.25, 0.3) is 0 Å².